The molecular weight excluding hydrogens is 256 g/mol. The number of hydrogen-bond donors (Lipinski definition) is 0. The molecule has 1 aromatic rings. The summed E-state index contributed by atoms with van der Waals surface area (Å²) in [5.41, 5.74) is 0. The number of hydrogen-bond acceptors (Lipinski definition) is 4. The Morgan fingerprint density at radius 1 is 1.25 bits per heavy atom. The van der Waals surface area contributed by atoms with E-state index in [0.717, 1.165) is 17.9 Å². The lowest BCUT2D eigenvalue weighted by Gasteiger charge is -2.17. The van der Waals surface area contributed by atoms with Gasteiger partial charge < -0.3 is 18.9 Å². The van der Waals surface area contributed by atoms with E-state index in [9.17, 15) is 0 Å². The van der Waals surface area contributed by atoms with Crippen LogP contribution >= 0.6 is 0 Å². The molecule has 1 heterocycles. The fraction of sp³-hybridized carbons (Fsp3) is 0.625. The Bertz CT molecular complexity index is 413. The van der Waals surface area contributed by atoms with Crippen LogP contribution in [-0.2, 0) is 9.47 Å². The molecule has 20 heavy (non-hydrogen) atoms. The van der Waals surface area contributed by atoms with Crippen molar-refractivity contribution in [3.63, 3.8) is 0 Å². The molecule has 1 aliphatic rings. The van der Waals surface area contributed by atoms with Gasteiger partial charge in [-0.1, -0.05) is 6.92 Å². The molecule has 0 amide bonds. The summed E-state index contributed by atoms with van der Waals surface area (Å²) < 4.78 is 22.6. The van der Waals surface area contributed by atoms with Gasteiger partial charge in [-0.25, -0.2) is 0 Å². The Hall–Kier alpha value is -1.26. The van der Waals surface area contributed by atoms with Crippen LogP contribution in [-0.4, -0.2) is 31.2 Å². The Balaban J connectivity index is 1.79. The van der Waals surface area contributed by atoms with Gasteiger partial charge >= 0.3 is 0 Å². The highest BCUT2D eigenvalue weighted by atomic mass is 16.7. The molecule has 4 heteroatoms. The normalized spacial score (nSPS) is 22.5. The molecular formula is C16H24O4. The van der Waals surface area contributed by atoms with Crippen LogP contribution in [0.1, 0.15) is 34.1 Å². The minimum atomic E-state index is -0.498. The van der Waals surface area contributed by atoms with E-state index in [-0.39, 0.29) is 12.2 Å². The first-order valence-electron chi connectivity index (χ1n) is 7.20. The molecule has 2 rings (SSSR count). The van der Waals surface area contributed by atoms with E-state index in [1.807, 2.05) is 38.1 Å². The topological polar surface area (TPSA) is 36.9 Å². The quantitative estimate of drug-likeness (QED) is 0.800. The van der Waals surface area contributed by atoms with Crippen molar-refractivity contribution >= 4 is 0 Å². The zero-order valence-electron chi connectivity index (χ0n) is 12.7. The molecule has 0 saturated carbocycles. The van der Waals surface area contributed by atoms with Crippen LogP contribution in [0, 0.1) is 0 Å². The van der Waals surface area contributed by atoms with E-state index in [1.165, 1.54) is 0 Å². The lowest BCUT2D eigenvalue weighted by molar-refractivity contribution is -0.141. The predicted octanol–water partition coefficient (Wildman–Crippen LogP) is 3.39. The predicted molar refractivity (Wildman–Crippen MR) is 77.2 cm³/mol. The molecule has 1 aromatic carbocycles. The van der Waals surface area contributed by atoms with Gasteiger partial charge in [0.15, 0.2) is 5.79 Å². The largest absolute Gasteiger partial charge is 0.491 e. The van der Waals surface area contributed by atoms with Crippen molar-refractivity contribution in [1.29, 1.82) is 0 Å². The molecule has 0 aromatic heterocycles. The monoisotopic (exact) mass is 280 g/mol. The number of benzene rings is 1. The van der Waals surface area contributed by atoms with Crippen LogP contribution in [0.2, 0.25) is 0 Å². The Morgan fingerprint density at radius 2 is 1.90 bits per heavy atom. The summed E-state index contributed by atoms with van der Waals surface area (Å²) in [6.07, 6.45) is 1.21. The molecule has 1 aliphatic heterocycles. The fourth-order valence-corrected chi connectivity index (χ4v) is 1.96. The molecule has 0 spiro atoms. The van der Waals surface area contributed by atoms with Crippen molar-refractivity contribution in [3.8, 4) is 11.5 Å². The SMILES string of the molecule is CCC(C)Oc1ccc(OCC2COC(C)(C)O2)cc1. The fourth-order valence-electron chi connectivity index (χ4n) is 1.96. The van der Waals surface area contributed by atoms with Crippen molar-refractivity contribution in [1.82, 2.24) is 0 Å². The first-order chi connectivity index (χ1) is 9.48. The highest BCUT2D eigenvalue weighted by Gasteiger charge is 2.32. The van der Waals surface area contributed by atoms with Crippen LogP contribution in [0.3, 0.4) is 0 Å². The average molecular weight is 280 g/mol. The van der Waals surface area contributed by atoms with E-state index in [2.05, 4.69) is 13.8 Å². The van der Waals surface area contributed by atoms with E-state index < -0.39 is 5.79 Å². The molecule has 112 valence electrons. The maximum atomic E-state index is 5.72. The summed E-state index contributed by atoms with van der Waals surface area (Å²) in [5, 5.41) is 0. The van der Waals surface area contributed by atoms with Gasteiger partial charge in [0.25, 0.3) is 0 Å². The summed E-state index contributed by atoms with van der Waals surface area (Å²) >= 11 is 0. The number of ether oxygens (including phenoxy) is 4. The minimum Gasteiger partial charge on any atom is -0.491 e. The second-order valence-electron chi connectivity index (χ2n) is 5.57. The van der Waals surface area contributed by atoms with Gasteiger partial charge in [-0.05, 0) is 51.5 Å². The van der Waals surface area contributed by atoms with Crippen molar-refractivity contribution in [2.45, 2.75) is 52.1 Å². The third-order valence-electron chi connectivity index (χ3n) is 3.24. The summed E-state index contributed by atoms with van der Waals surface area (Å²) in [7, 11) is 0. The molecule has 0 radical (unpaired) electrons. The zero-order chi connectivity index (χ0) is 14.6. The Kier molecular flexibility index (Phi) is 4.89. The molecule has 1 fully saturated rings. The van der Waals surface area contributed by atoms with Crippen molar-refractivity contribution in [2.24, 2.45) is 0 Å². The third-order valence-corrected chi connectivity index (χ3v) is 3.24. The highest BCUT2D eigenvalue weighted by Crippen LogP contribution is 2.24. The van der Waals surface area contributed by atoms with E-state index in [0.29, 0.717) is 13.2 Å². The first-order valence-corrected chi connectivity index (χ1v) is 7.20. The molecule has 0 aliphatic carbocycles. The lowest BCUT2D eigenvalue weighted by Crippen LogP contribution is -2.25. The van der Waals surface area contributed by atoms with Gasteiger partial charge in [0.1, 0.15) is 24.2 Å². The summed E-state index contributed by atoms with van der Waals surface area (Å²) in [6.45, 7) is 9.05. The number of rotatable bonds is 6. The van der Waals surface area contributed by atoms with Crippen molar-refractivity contribution in [2.75, 3.05) is 13.2 Å². The van der Waals surface area contributed by atoms with Gasteiger partial charge in [-0.15, -0.1) is 0 Å². The van der Waals surface area contributed by atoms with Crippen LogP contribution < -0.4 is 9.47 Å². The van der Waals surface area contributed by atoms with Crippen LogP contribution in [0.15, 0.2) is 24.3 Å². The molecule has 2 atom stereocenters. The van der Waals surface area contributed by atoms with Gasteiger partial charge in [0.2, 0.25) is 0 Å². The Morgan fingerprint density at radius 3 is 2.45 bits per heavy atom. The van der Waals surface area contributed by atoms with Crippen molar-refractivity contribution < 1.29 is 18.9 Å². The van der Waals surface area contributed by atoms with Gasteiger partial charge in [0, 0.05) is 0 Å². The molecule has 0 N–H and O–H groups in total. The average Bonchev–Trinajstić information content (AvgIpc) is 2.77. The minimum absolute atomic E-state index is 0.0129. The molecule has 4 nitrogen and oxygen atoms in total. The maximum absolute atomic E-state index is 5.72. The van der Waals surface area contributed by atoms with E-state index in [4.69, 9.17) is 18.9 Å². The summed E-state index contributed by atoms with van der Waals surface area (Å²) in [5.74, 6) is 1.19. The van der Waals surface area contributed by atoms with E-state index in [1.54, 1.807) is 0 Å². The van der Waals surface area contributed by atoms with Gasteiger partial charge in [-0.2, -0.15) is 0 Å². The molecule has 1 saturated heterocycles. The van der Waals surface area contributed by atoms with Gasteiger partial charge in [-0.3, -0.25) is 0 Å². The van der Waals surface area contributed by atoms with Crippen molar-refractivity contribution in [3.05, 3.63) is 24.3 Å². The van der Waals surface area contributed by atoms with Gasteiger partial charge in [0.05, 0.1) is 12.7 Å². The standard InChI is InChI=1S/C16H24O4/c1-5-12(2)19-14-8-6-13(7-9-14)17-10-15-11-18-16(3,4)20-15/h6-9,12,15H,5,10-11H2,1-4H3. The second-order valence-corrected chi connectivity index (χ2v) is 5.57. The smallest absolute Gasteiger partial charge is 0.163 e. The van der Waals surface area contributed by atoms with Crippen LogP contribution in [0.5, 0.6) is 11.5 Å². The summed E-state index contributed by atoms with van der Waals surface area (Å²) in [6, 6.07) is 7.69. The first kappa shape index (κ1) is 15.1. The highest BCUT2D eigenvalue weighted by molar-refractivity contribution is 5.31. The Labute approximate surface area is 121 Å². The van der Waals surface area contributed by atoms with E-state index >= 15 is 0 Å². The van der Waals surface area contributed by atoms with Crippen LogP contribution in [0.4, 0.5) is 0 Å². The zero-order valence-corrected chi connectivity index (χ0v) is 12.7. The maximum Gasteiger partial charge on any atom is 0.163 e. The summed E-state index contributed by atoms with van der Waals surface area (Å²) in [4.78, 5) is 0. The lowest BCUT2D eigenvalue weighted by atomic mass is 10.3. The second kappa shape index (κ2) is 6.46. The molecule has 0 bridgehead atoms. The van der Waals surface area contributed by atoms with Crippen LogP contribution in [0.25, 0.3) is 0 Å². The molecule has 2 unspecified atom stereocenters. The third kappa shape index (κ3) is 4.39.